The lowest BCUT2D eigenvalue weighted by Crippen LogP contribution is -2.24. The fourth-order valence-electron chi connectivity index (χ4n) is 2.44. The Morgan fingerprint density at radius 1 is 1.21 bits per heavy atom. The number of thiophene rings is 1. The number of amides is 1. The summed E-state index contributed by atoms with van der Waals surface area (Å²) in [6, 6.07) is -0.685. The topological polar surface area (TPSA) is 99.5 Å². The minimum absolute atomic E-state index is 0.144. The highest BCUT2D eigenvalue weighted by Gasteiger charge is 2.28. The van der Waals surface area contributed by atoms with Crippen LogP contribution in [0.3, 0.4) is 0 Å². The third-order valence-electron chi connectivity index (χ3n) is 3.96. The number of anilines is 1. The Hall–Kier alpha value is -2.39. The average Bonchev–Trinajstić information content (AvgIpc) is 3.14. The minimum Gasteiger partial charge on any atom is -0.462 e. The number of carbonyl (C=O) groups excluding carboxylic acids is 3. The van der Waals surface area contributed by atoms with Gasteiger partial charge in [-0.1, -0.05) is 11.6 Å². The van der Waals surface area contributed by atoms with E-state index in [9.17, 15) is 14.4 Å². The molecule has 0 saturated heterocycles. The molecule has 1 amide bonds. The van der Waals surface area contributed by atoms with E-state index >= 15 is 0 Å². The van der Waals surface area contributed by atoms with Crippen molar-refractivity contribution in [3.63, 3.8) is 0 Å². The van der Waals surface area contributed by atoms with Gasteiger partial charge in [-0.2, -0.15) is 5.10 Å². The van der Waals surface area contributed by atoms with Gasteiger partial charge in [0.15, 0.2) is 0 Å². The summed E-state index contributed by atoms with van der Waals surface area (Å²) in [6.45, 7) is 8.72. The number of ether oxygens (including phenoxy) is 2. The van der Waals surface area contributed by atoms with E-state index in [1.54, 1.807) is 40.8 Å². The average molecular weight is 428 g/mol. The van der Waals surface area contributed by atoms with Gasteiger partial charge in [0, 0.05) is 6.20 Å². The van der Waals surface area contributed by atoms with Crippen LogP contribution in [0.15, 0.2) is 6.20 Å². The van der Waals surface area contributed by atoms with Gasteiger partial charge < -0.3 is 14.8 Å². The van der Waals surface area contributed by atoms with Crippen LogP contribution in [-0.4, -0.2) is 40.8 Å². The lowest BCUT2D eigenvalue weighted by Gasteiger charge is -2.13. The Morgan fingerprint density at radius 2 is 1.82 bits per heavy atom. The molecule has 2 aromatic heterocycles. The van der Waals surface area contributed by atoms with Gasteiger partial charge in [0.2, 0.25) is 5.91 Å². The van der Waals surface area contributed by atoms with E-state index in [0.717, 1.165) is 11.3 Å². The Balaban J connectivity index is 2.36. The monoisotopic (exact) mass is 427 g/mol. The van der Waals surface area contributed by atoms with Crippen molar-refractivity contribution in [2.45, 2.75) is 40.7 Å². The van der Waals surface area contributed by atoms with Crippen LogP contribution in [0.1, 0.15) is 58.1 Å². The van der Waals surface area contributed by atoms with Gasteiger partial charge in [0.25, 0.3) is 0 Å². The molecule has 1 unspecified atom stereocenters. The number of esters is 2. The molecule has 2 aromatic rings. The molecule has 0 aliphatic carbocycles. The van der Waals surface area contributed by atoms with Crippen LogP contribution in [0.4, 0.5) is 5.00 Å². The second-order valence-electron chi connectivity index (χ2n) is 5.91. The molecule has 0 radical (unpaired) electrons. The van der Waals surface area contributed by atoms with Gasteiger partial charge in [-0.3, -0.25) is 9.48 Å². The first kappa shape index (κ1) is 21.9. The van der Waals surface area contributed by atoms with Crippen LogP contribution < -0.4 is 5.32 Å². The van der Waals surface area contributed by atoms with Crippen LogP contribution in [0, 0.1) is 13.8 Å². The maximum atomic E-state index is 12.7. The van der Waals surface area contributed by atoms with E-state index < -0.39 is 23.9 Å². The van der Waals surface area contributed by atoms with Crippen molar-refractivity contribution < 1.29 is 23.9 Å². The summed E-state index contributed by atoms with van der Waals surface area (Å²) in [7, 11) is 0. The zero-order valence-corrected chi connectivity index (χ0v) is 17.9. The summed E-state index contributed by atoms with van der Waals surface area (Å²) in [4.78, 5) is 37.5. The SMILES string of the molecule is CCOC(=O)c1sc(NC(=O)C(C)n2cc(Cl)c(C)n2)c(C(=O)OCC)c1C. The molecule has 1 atom stereocenters. The van der Waals surface area contributed by atoms with E-state index in [0.29, 0.717) is 16.3 Å². The number of rotatable bonds is 7. The number of halogens is 1. The number of hydrogen-bond acceptors (Lipinski definition) is 7. The predicted octanol–water partition coefficient (Wildman–Crippen LogP) is 3.77. The molecule has 0 saturated carbocycles. The van der Waals surface area contributed by atoms with Crippen molar-refractivity contribution in [3.05, 3.63) is 32.9 Å². The highest BCUT2D eigenvalue weighted by Crippen LogP contribution is 2.35. The normalized spacial score (nSPS) is 11.8. The molecule has 2 heterocycles. The highest BCUT2D eigenvalue weighted by atomic mass is 35.5. The Kier molecular flexibility index (Phi) is 7.20. The van der Waals surface area contributed by atoms with Gasteiger partial charge in [0.1, 0.15) is 15.9 Å². The second-order valence-corrected chi connectivity index (χ2v) is 7.34. The Labute approximate surface area is 171 Å². The molecule has 0 aromatic carbocycles. The van der Waals surface area contributed by atoms with Crippen LogP contribution in [0.5, 0.6) is 0 Å². The summed E-state index contributed by atoms with van der Waals surface area (Å²) >= 11 is 6.98. The third-order valence-corrected chi connectivity index (χ3v) is 5.52. The van der Waals surface area contributed by atoms with Crippen molar-refractivity contribution in [2.24, 2.45) is 0 Å². The first-order valence-electron chi connectivity index (χ1n) is 8.70. The highest BCUT2D eigenvalue weighted by molar-refractivity contribution is 7.18. The van der Waals surface area contributed by atoms with Crippen molar-refractivity contribution >= 4 is 45.8 Å². The third kappa shape index (κ3) is 4.53. The molecule has 8 nitrogen and oxygen atoms in total. The predicted molar refractivity (Wildman–Crippen MR) is 106 cm³/mol. The standard InChI is InChI=1S/C18H22ClN3O5S/c1-6-26-17(24)13-9(3)14(18(25)27-7-2)28-16(13)20-15(23)11(5)22-8-12(19)10(4)21-22/h8,11H,6-7H2,1-5H3,(H,20,23). The Morgan fingerprint density at radius 3 is 2.36 bits per heavy atom. The van der Waals surface area contributed by atoms with Crippen LogP contribution in [0.25, 0.3) is 0 Å². The van der Waals surface area contributed by atoms with E-state index in [4.69, 9.17) is 21.1 Å². The number of carbonyl (C=O) groups is 3. The molecule has 0 aliphatic heterocycles. The van der Waals surface area contributed by atoms with Gasteiger partial charge in [-0.25, -0.2) is 9.59 Å². The molecule has 152 valence electrons. The lowest BCUT2D eigenvalue weighted by molar-refractivity contribution is -0.119. The van der Waals surface area contributed by atoms with Gasteiger partial charge >= 0.3 is 11.9 Å². The number of nitrogens with zero attached hydrogens (tertiary/aromatic N) is 2. The van der Waals surface area contributed by atoms with Crippen LogP contribution >= 0.6 is 22.9 Å². The molecule has 0 bridgehead atoms. The number of hydrogen-bond donors (Lipinski definition) is 1. The van der Waals surface area contributed by atoms with Crippen molar-refractivity contribution in [1.82, 2.24) is 9.78 Å². The first-order valence-corrected chi connectivity index (χ1v) is 9.90. The second kappa shape index (κ2) is 9.20. The molecule has 0 aliphatic rings. The molecule has 28 heavy (non-hydrogen) atoms. The fourth-order valence-corrected chi connectivity index (χ4v) is 3.67. The number of nitrogens with one attached hydrogen (secondary N) is 1. The van der Waals surface area contributed by atoms with Gasteiger partial charge in [0.05, 0.1) is 29.5 Å². The van der Waals surface area contributed by atoms with Crippen molar-refractivity contribution in [2.75, 3.05) is 18.5 Å². The first-order chi connectivity index (χ1) is 13.2. The van der Waals surface area contributed by atoms with Crippen molar-refractivity contribution in [1.29, 1.82) is 0 Å². The van der Waals surface area contributed by atoms with Crippen molar-refractivity contribution in [3.8, 4) is 0 Å². The van der Waals surface area contributed by atoms with Gasteiger partial charge in [-0.15, -0.1) is 11.3 Å². The molecule has 0 fully saturated rings. The molecular weight excluding hydrogens is 406 g/mol. The maximum absolute atomic E-state index is 12.7. The van der Waals surface area contributed by atoms with E-state index in [1.807, 2.05) is 0 Å². The van der Waals surface area contributed by atoms with Crippen LogP contribution in [0.2, 0.25) is 5.02 Å². The maximum Gasteiger partial charge on any atom is 0.348 e. The molecular formula is C18H22ClN3O5S. The van der Waals surface area contributed by atoms with E-state index in [2.05, 4.69) is 10.4 Å². The summed E-state index contributed by atoms with van der Waals surface area (Å²) < 4.78 is 11.5. The zero-order chi connectivity index (χ0) is 21.0. The van der Waals surface area contributed by atoms with E-state index in [-0.39, 0.29) is 28.7 Å². The summed E-state index contributed by atoms with van der Waals surface area (Å²) in [5.74, 6) is -1.59. The summed E-state index contributed by atoms with van der Waals surface area (Å²) in [5, 5.41) is 7.57. The lowest BCUT2D eigenvalue weighted by atomic mass is 10.1. The summed E-state index contributed by atoms with van der Waals surface area (Å²) in [5.41, 5.74) is 1.15. The Bertz CT molecular complexity index is 886. The van der Waals surface area contributed by atoms with E-state index in [1.165, 1.54) is 4.68 Å². The fraction of sp³-hybridized carbons (Fsp3) is 0.444. The zero-order valence-electron chi connectivity index (χ0n) is 16.3. The molecule has 10 heteroatoms. The smallest absolute Gasteiger partial charge is 0.348 e. The molecule has 1 N–H and O–H groups in total. The molecule has 2 rings (SSSR count). The number of aryl methyl sites for hydroxylation is 1. The van der Waals surface area contributed by atoms with Crippen LogP contribution in [-0.2, 0) is 14.3 Å². The minimum atomic E-state index is -0.685. The largest absolute Gasteiger partial charge is 0.462 e. The summed E-state index contributed by atoms with van der Waals surface area (Å²) in [6.07, 6.45) is 1.55. The van der Waals surface area contributed by atoms with Gasteiger partial charge in [-0.05, 0) is 40.2 Å². The number of aromatic nitrogens is 2. The quantitative estimate of drug-likeness (QED) is 0.675. The molecule has 0 spiro atoms.